The second kappa shape index (κ2) is 13.2. The maximum Gasteiger partial charge on any atom is 0.0466 e. The second-order valence-corrected chi connectivity index (χ2v) is 7.88. The Morgan fingerprint density at radius 2 is 0.826 bits per heavy atom. The lowest BCUT2D eigenvalue weighted by molar-refractivity contribution is 0.110. The molecule has 0 aromatic carbocycles. The molecule has 0 radical (unpaired) electrons. The standard InChI is InChI=1S/C20H44N2O/c1-17(2)21(18(3)4)13-9-11-15-23-16-12-10-14-22(19(5)6)20(7)8/h17-20H,9-16H2,1-8H3. The van der Waals surface area contributed by atoms with E-state index >= 15 is 0 Å². The Morgan fingerprint density at radius 3 is 1.09 bits per heavy atom. The van der Waals surface area contributed by atoms with Crippen molar-refractivity contribution >= 4 is 0 Å². The van der Waals surface area contributed by atoms with E-state index in [1.807, 2.05) is 0 Å². The van der Waals surface area contributed by atoms with Gasteiger partial charge in [0, 0.05) is 37.4 Å². The number of unbranched alkanes of at least 4 members (excludes halogenated alkanes) is 2. The highest BCUT2D eigenvalue weighted by atomic mass is 16.5. The van der Waals surface area contributed by atoms with E-state index in [0.29, 0.717) is 24.2 Å². The SMILES string of the molecule is CC(C)N(CCCCOCCCCN(C(C)C)C(C)C)C(C)C. The van der Waals surface area contributed by atoms with Gasteiger partial charge < -0.3 is 4.74 Å². The fourth-order valence-corrected chi connectivity index (χ4v) is 3.32. The van der Waals surface area contributed by atoms with Crippen molar-refractivity contribution in [3.05, 3.63) is 0 Å². The summed E-state index contributed by atoms with van der Waals surface area (Å²) in [7, 11) is 0. The Kier molecular flexibility index (Phi) is 13.1. The molecule has 0 unspecified atom stereocenters. The molecule has 23 heavy (non-hydrogen) atoms. The average Bonchev–Trinajstić information content (AvgIpc) is 2.42. The maximum atomic E-state index is 5.80. The van der Waals surface area contributed by atoms with Crippen LogP contribution in [0.2, 0.25) is 0 Å². The van der Waals surface area contributed by atoms with Gasteiger partial charge in [0.05, 0.1) is 0 Å². The van der Waals surface area contributed by atoms with E-state index in [-0.39, 0.29) is 0 Å². The van der Waals surface area contributed by atoms with Crippen molar-refractivity contribution < 1.29 is 4.74 Å². The van der Waals surface area contributed by atoms with Gasteiger partial charge in [-0.15, -0.1) is 0 Å². The topological polar surface area (TPSA) is 15.7 Å². The quantitative estimate of drug-likeness (QED) is 0.426. The Labute approximate surface area is 146 Å². The zero-order valence-electron chi connectivity index (χ0n) is 17.3. The number of hydrogen-bond donors (Lipinski definition) is 0. The van der Waals surface area contributed by atoms with Crippen LogP contribution >= 0.6 is 0 Å². The molecular formula is C20H44N2O. The molecular weight excluding hydrogens is 284 g/mol. The van der Waals surface area contributed by atoms with Crippen molar-refractivity contribution in [3.63, 3.8) is 0 Å². The highest BCUT2D eigenvalue weighted by molar-refractivity contribution is 4.68. The lowest BCUT2D eigenvalue weighted by atomic mass is 10.2. The van der Waals surface area contributed by atoms with Crippen molar-refractivity contribution in [2.45, 2.75) is 105 Å². The van der Waals surface area contributed by atoms with E-state index in [9.17, 15) is 0 Å². The predicted molar refractivity (Wildman–Crippen MR) is 103 cm³/mol. The highest BCUT2D eigenvalue weighted by Gasteiger charge is 2.13. The van der Waals surface area contributed by atoms with Crippen LogP contribution in [0.4, 0.5) is 0 Å². The molecule has 0 aromatic rings. The van der Waals surface area contributed by atoms with Gasteiger partial charge in [-0.1, -0.05) is 0 Å². The van der Waals surface area contributed by atoms with Gasteiger partial charge in [0.1, 0.15) is 0 Å². The third-order valence-electron chi connectivity index (χ3n) is 4.56. The number of hydrogen-bond acceptors (Lipinski definition) is 3. The van der Waals surface area contributed by atoms with Gasteiger partial charge in [-0.25, -0.2) is 0 Å². The fourth-order valence-electron chi connectivity index (χ4n) is 3.32. The van der Waals surface area contributed by atoms with Crippen LogP contribution in [0.5, 0.6) is 0 Å². The molecule has 0 amide bonds. The second-order valence-electron chi connectivity index (χ2n) is 7.88. The van der Waals surface area contributed by atoms with E-state index in [1.165, 1.54) is 38.8 Å². The summed E-state index contributed by atoms with van der Waals surface area (Å²) in [5, 5.41) is 0. The summed E-state index contributed by atoms with van der Waals surface area (Å²) >= 11 is 0. The molecule has 0 heterocycles. The summed E-state index contributed by atoms with van der Waals surface area (Å²) in [6.45, 7) is 22.5. The molecule has 3 heteroatoms. The van der Waals surface area contributed by atoms with Crippen LogP contribution in [0.15, 0.2) is 0 Å². The molecule has 0 aliphatic rings. The normalized spacial score (nSPS) is 12.8. The lowest BCUT2D eigenvalue weighted by Crippen LogP contribution is -2.37. The minimum atomic E-state index is 0.640. The van der Waals surface area contributed by atoms with E-state index in [2.05, 4.69) is 65.2 Å². The Morgan fingerprint density at radius 1 is 0.522 bits per heavy atom. The third-order valence-corrected chi connectivity index (χ3v) is 4.56. The van der Waals surface area contributed by atoms with Crippen molar-refractivity contribution in [2.24, 2.45) is 0 Å². The molecule has 0 saturated heterocycles. The Bertz CT molecular complexity index is 222. The summed E-state index contributed by atoms with van der Waals surface area (Å²) in [6, 6.07) is 2.56. The first kappa shape index (κ1) is 22.9. The minimum absolute atomic E-state index is 0.640. The van der Waals surface area contributed by atoms with E-state index in [0.717, 1.165) is 13.2 Å². The molecule has 0 aliphatic heterocycles. The van der Waals surface area contributed by atoms with Gasteiger partial charge in [-0.3, -0.25) is 9.80 Å². The van der Waals surface area contributed by atoms with Crippen molar-refractivity contribution in [2.75, 3.05) is 26.3 Å². The molecule has 0 fully saturated rings. The van der Waals surface area contributed by atoms with Crippen molar-refractivity contribution in [3.8, 4) is 0 Å². The maximum absolute atomic E-state index is 5.80. The van der Waals surface area contributed by atoms with Gasteiger partial charge >= 0.3 is 0 Å². The van der Waals surface area contributed by atoms with Gasteiger partial charge in [0.25, 0.3) is 0 Å². The van der Waals surface area contributed by atoms with Crippen LogP contribution in [0.25, 0.3) is 0 Å². The van der Waals surface area contributed by atoms with Gasteiger partial charge in [-0.05, 0) is 94.2 Å². The number of ether oxygens (including phenoxy) is 1. The van der Waals surface area contributed by atoms with Crippen LogP contribution in [0, 0.1) is 0 Å². The molecule has 0 aliphatic carbocycles. The van der Waals surface area contributed by atoms with Crippen molar-refractivity contribution in [1.82, 2.24) is 9.80 Å². The zero-order valence-corrected chi connectivity index (χ0v) is 17.3. The molecule has 0 rings (SSSR count). The monoisotopic (exact) mass is 328 g/mol. The van der Waals surface area contributed by atoms with E-state index in [1.54, 1.807) is 0 Å². The van der Waals surface area contributed by atoms with Crippen LogP contribution in [-0.4, -0.2) is 60.3 Å². The molecule has 0 bridgehead atoms. The summed E-state index contributed by atoms with van der Waals surface area (Å²) in [4.78, 5) is 5.12. The predicted octanol–water partition coefficient (Wildman–Crippen LogP) is 4.80. The van der Waals surface area contributed by atoms with Crippen LogP contribution in [-0.2, 0) is 4.74 Å². The lowest BCUT2D eigenvalue weighted by Gasteiger charge is -2.30. The first-order valence-electron chi connectivity index (χ1n) is 9.86. The third kappa shape index (κ3) is 11.1. The van der Waals surface area contributed by atoms with E-state index < -0.39 is 0 Å². The summed E-state index contributed by atoms with van der Waals surface area (Å²) in [6.07, 6.45) is 4.84. The smallest absolute Gasteiger partial charge is 0.0466 e. The fraction of sp³-hybridized carbons (Fsp3) is 1.00. The average molecular weight is 329 g/mol. The summed E-state index contributed by atoms with van der Waals surface area (Å²) in [5.41, 5.74) is 0. The molecule has 0 aromatic heterocycles. The summed E-state index contributed by atoms with van der Waals surface area (Å²) < 4.78 is 5.80. The molecule has 0 N–H and O–H groups in total. The minimum Gasteiger partial charge on any atom is -0.381 e. The first-order valence-corrected chi connectivity index (χ1v) is 9.86. The van der Waals surface area contributed by atoms with E-state index in [4.69, 9.17) is 4.74 Å². The van der Waals surface area contributed by atoms with Gasteiger partial charge in [0.2, 0.25) is 0 Å². The van der Waals surface area contributed by atoms with Crippen LogP contribution in [0.1, 0.15) is 81.1 Å². The highest BCUT2D eigenvalue weighted by Crippen LogP contribution is 2.08. The molecule has 0 spiro atoms. The van der Waals surface area contributed by atoms with Gasteiger partial charge in [0.15, 0.2) is 0 Å². The molecule has 0 saturated carbocycles. The Hall–Kier alpha value is -0.120. The van der Waals surface area contributed by atoms with Crippen LogP contribution in [0.3, 0.4) is 0 Å². The molecule has 140 valence electrons. The number of nitrogens with zero attached hydrogens (tertiary/aromatic N) is 2. The zero-order chi connectivity index (χ0) is 17.8. The van der Waals surface area contributed by atoms with Crippen molar-refractivity contribution in [1.29, 1.82) is 0 Å². The van der Waals surface area contributed by atoms with Crippen LogP contribution < -0.4 is 0 Å². The van der Waals surface area contributed by atoms with Gasteiger partial charge in [-0.2, -0.15) is 0 Å². The largest absolute Gasteiger partial charge is 0.381 e. The summed E-state index contributed by atoms with van der Waals surface area (Å²) in [5.74, 6) is 0. The molecule has 0 atom stereocenters. The number of rotatable bonds is 14. The molecule has 3 nitrogen and oxygen atoms in total. The Balaban J connectivity index is 3.56. The first-order chi connectivity index (χ1) is 10.8.